The number of fused-ring (bicyclic) bond motifs is 1. The molecular formula is C11H17N3O2S. The number of aryl methyl sites for hydroxylation is 1. The number of hydrogen-bond acceptors (Lipinski definition) is 4. The van der Waals surface area contributed by atoms with Crippen LogP contribution in [0.2, 0.25) is 0 Å². The second-order valence-corrected chi connectivity index (χ2v) is 7.51. The van der Waals surface area contributed by atoms with Crippen LogP contribution in [0.3, 0.4) is 0 Å². The van der Waals surface area contributed by atoms with Crippen molar-refractivity contribution in [3.8, 4) is 0 Å². The number of hydrogen-bond donors (Lipinski definition) is 0. The van der Waals surface area contributed by atoms with Crippen molar-refractivity contribution in [2.45, 2.75) is 44.4 Å². The fraction of sp³-hybridized carbons (Fsp3) is 0.818. The van der Waals surface area contributed by atoms with Gasteiger partial charge in [0.05, 0.1) is 5.75 Å². The highest BCUT2D eigenvalue weighted by Crippen LogP contribution is 2.33. The Kier molecular flexibility index (Phi) is 2.50. The molecule has 0 aromatic carbocycles. The molecule has 17 heavy (non-hydrogen) atoms. The van der Waals surface area contributed by atoms with E-state index in [4.69, 9.17) is 0 Å². The van der Waals surface area contributed by atoms with E-state index in [9.17, 15) is 8.42 Å². The molecule has 1 fully saturated rings. The topological polar surface area (TPSA) is 64.8 Å². The monoisotopic (exact) mass is 255 g/mol. The quantitative estimate of drug-likeness (QED) is 0.754. The number of sulfone groups is 1. The summed E-state index contributed by atoms with van der Waals surface area (Å²) in [7, 11) is -2.99. The lowest BCUT2D eigenvalue weighted by atomic mass is 10.0. The highest BCUT2D eigenvalue weighted by Gasteiger charge is 2.36. The first kappa shape index (κ1) is 11.2. The predicted molar refractivity (Wildman–Crippen MR) is 63.3 cm³/mol. The van der Waals surface area contributed by atoms with Gasteiger partial charge >= 0.3 is 0 Å². The molecule has 2 unspecified atom stereocenters. The summed E-state index contributed by atoms with van der Waals surface area (Å²) >= 11 is 0. The summed E-state index contributed by atoms with van der Waals surface area (Å²) < 4.78 is 25.6. The molecule has 3 rings (SSSR count). The predicted octanol–water partition coefficient (Wildman–Crippen LogP) is 1.11. The first-order chi connectivity index (χ1) is 8.06. The average molecular weight is 255 g/mol. The van der Waals surface area contributed by atoms with Gasteiger partial charge in [-0.05, 0) is 25.2 Å². The van der Waals surface area contributed by atoms with Crippen LogP contribution >= 0.6 is 0 Å². The van der Waals surface area contributed by atoms with Crippen LogP contribution < -0.4 is 0 Å². The lowest BCUT2D eigenvalue weighted by Crippen LogP contribution is -2.19. The van der Waals surface area contributed by atoms with Crippen molar-refractivity contribution in [2.75, 3.05) is 5.75 Å². The fourth-order valence-electron chi connectivity index (χ4n) is 2.70. The highest BCUT2D eigenvalue weighted by atomic mass is 32.2. The number of rotatable bonds is 1. The van der Waals surface area contributed by atoms with E-state index >= 15 is 0 Å². The number of nitrogens with zero attached hydrogens (tertiary/aromatic N) is 3. The molecule has 0 radical (unpaired) electrons. The Balaban J connectivity index is 1.95. The van der Waals surface area contributed by atoms with Crippen molar-refractivity contribution in [3.63, 3.8) is 0 Å². The summed E-state index contributed by atoms with van der Waals surface area (Å²) in [6, 6.07) is 0. The van der Waals surface area contributed by atoms with Gasteiger partial charge in [-0.25, -0.2) is 18.1 Å². The molecular weight excluding hydrogens is 238 g/mol. The summed E-state index contributed by atoms with van der Waals surface area (Å²) in [5.41, 5.74) is 0. The van der Waals surface area contributed by atoms with Gasteiger partial charge in [0.1, 0.15) is 11.1 Å². The van der Waals surface area contributed by atoms with Crippen LogP contribution in [0.5, 0.6) is 0 Å². The molecule has 0 amide bonds. The van der Waals surface area contributed by atoms with Gasteiger partial charge in [0.2, 0.25) is 0 Å². The maximum absolute atomic E-state index is 11.9. The van der Waals surface area contributed by atoms with Crippen molar-refractivity contribution < 1.29 is 8.42 Å². The van der Waals surface area contributed by atoms with E-state index < -0.39 is 15.1 Å². The van der Waals surface area contributed by atoms with E-state index in [2.05, 4.69) is 17.0 Å². The molecule has 94 valence electrons. The van der Waals surface area contributed by atoms with Crippen LogP contribution in [-0.4, -0.2) is 28.9 Å². The van der Waals surface area contributed by atoms with E-state index in [1.807, 2.05) is 4.68 Å². The maximum Gasteiger partial charge on any atom is 0.169 e. The third kappa shape index (κ3) is 1.88. The van der Waals surface area contributed by atoms with Crippen LogP contribution in [0, 0.1) is 5.92 Å². The standard InChI is InChI=1S/C11H17N3O2S/c1-8-4-5-10-12-11(13-14(10)7-8)9-3-2-6-17(9,15)16/h8-9H,2-7H2,1H3. The van der Waals surface area contributed by atoms with Gasteiger partial charge in [-0.2, -0.15) is 5.10 Å². The largest absolute Gasteiger partial charge is 0.250 e. The van der Waals surface area contributed by atoms with Crippen molar-refractivity contribution in [3.05, 3.63) is 11.6 Å². The second-order valence-electron chi connectivity index (χ2n) is 5.21. The third-order valence-electron chi connectivity index (χ3n) is 3.73. The molecule has 2 atom stereocenters. The van der Waals surface area contributed by atoms with Crippen LogP contribution in [-0.2, 0) is 22.8 Å². The maximum atomic E-state index is 11.9. The summed E-state index contributed by atoms with van der Waals surface area (Å²) in [5.74, 6) is 2.39. The van der Waals surface area contributed by atoms with Gasteiger partial charge in [0.25, 0.3) is 0 Å². The molecule has 0 spiro atoms. The summed E-state index contributed by atoms with van der Waals surface area (Å²) in [4.78, 5) is 4.44. The Morgan fingerprint density at radius 3 is 2.88 bits per heavy atom. The van der Waals surface area contributed by atoms with E-state index in [-0.39, 0.29) is 5.75 Å². The van der Waals surface area contributed by atoms with Crippen LogP contribution in [0.4, 0.5) is 0 Å². The van der Waals surface area contributed by atoms with Gasteiger partial charge in [-0.1, -0.05) is 6.92 Å². The molecule has 2 aliphatic rings. The Hall–Kier alpha value is -0.910. The summed E-state index contributed by atoms with van der Waals surface area (Å²) in [6.07, 6.45) is 3.46. The molecule has 0 bridgehead atoms. The number of aromatic nitrogens is 3. The highest BCUT2D eigenvalue weighted by molar-refractivity contribution is 7.91. The van der Waals surface area contributed by atoms with E-state index in [1.54, 1.807) is 0 Å². The minimum absolute atomic E-state index is 0.290. The first-order valence-corrected chi connectivity index (χ1v) is 7.93. The SMILES string of the molecule is CC1CCc2nc(C3CCCS3(=O)=O)nn2C1. The van der Waals surface area contributed by atoms with Crippen molar-refractivity contribution in [1.82, 2.24) is 14.8 Å². The Morgan fingerprint density at radius 2 is 2.18 bits per heavy atom. The van der Waals surface area contributed by atoms with Gasteiger partial charge in [0.15, 0.2) is 15.7 Å². The van der Waals surface area contributed by atoms with E-state index in [0.717, 1.165) is 31.6 Å². The minimum Gasteiger partial charge on any atom is -0.250 e. The molecule has 6 heteroatoms. The molecule has 0 aliphatic carbocycles. The third-order valence-corrected chi connectivity index (χ3v) is 5.90. The fourth-order valence-corrected chi connectivity index (χ4v) is 4.51. The van der Waals surface area contributed by atoms with E-state index in [1.165, 1.54) is 0 Å². The Bertz CT molecular complexity index is 535. The van der Waals surface area contributed by atoms with Crippen molar-refractivity contribution >= 4 is 9.84 Å². The average Bonchev–Trinajstić information content (AvgIpc) is 2.79. The summed E-state index contributed by atoms with van der Waals surface area (Å²) in [5, 5.41) is 3.96. The molecule has 1 aromatic rings. The Labute approximate surface area is 101 Å². The van der Waals surface area contributed by atoms with Crippen LogP contribution in [0.15, 0.2) is 0 Å². The van der Waals surface area contributed by atoms with Crippen molar-refractivity contribution in [1.29, 1.82) is 0 Å². The lowest BCUT2D eigenvalue weighted by Gasteiger charge is -2.17. The minimum atomic E-state index is -2.99. The van der Waals surface area contributed by atoms with Crippen LogP contribution in [0.25, 0.3) is 0 Å². The van der Waals surface area contributed by atoms with Gasteiger partial charge in [0, 0.05) is 13.0 Å². The van der Waals surface area contributed by atoms with Gasteiger partial charge < -0.3 is 0 Å². The zero-order valence-corrected chi connectivity index (χ0v) is 10.8. The normalized spacial score (nSPS) is 31.4. The zero-order valence-electron chi connectivity index (χ0n) is 9.96. The zero-order chi connectivity index (χ0) is 12.0. The van der Waals surface area contributed by atoms with Gasteiger partial charge in [-0.15, -0.1) is 0 Å². The van der Waals surface area contributed by atoms with E-state index in [0.29, 0.717) is 18.2 Å². The van der Waals surface area contributed by atoms with Gasteiger partial charge in [-0.3, -0.25) is 0 Å². The first-order valence-electron chi connectivity index (χ1n) is 6.21. The molecule has 3 heterocycles. The lowest BCUT2D eigenvalue weighted by molar-refractivity contribution is 0.367. The molecule has 5 nitrogen and oxygen atoms in total. The molecule has 2 aliphatic heterocycles. The smallest absolute Gasteiger partial charge is 0.169 e. The Morgan fingerprint density at radius 1 is 1.35 bits per heavy atom. The molecule has 1 aromatic heterocycles. The van der Waals surface area contributed by atoms with Crippen LogP contribution in [0.1, 0.15) is 43.1 Å². The molecule has 1 saturated heterocycles. The summed E-state index contributed by atoms with van der Waals surface area (Å²) in [6.45, 7) is 3.06. The molecule has 0 saturated carbocycles. The second kappa shape index (κ2) is 3.80. The molecule has 0 N–H and O–H groups in total. The van der Waals surface area contributed by atoms with Crippen molar-refractivity contribution in [2.24, 2.45) is 5.92 Å².